The Bertz CT molecular complexity index is 1040. The third-order valence-electron chi connectivity index (χ3n) is 6.52. The van der Waals surface area contributed by atoms with Crippen LogP contribution < -0.4 is 9.64 Å². The first-order valence-corrected chi connectivity index (χ1v) is 9.89. The lowest BCUT2D eigenvalue weighted by molar-refractivity contribution is -0.123. The highest BCUT2D eigenvalue weighted by Gasteiger charge is 2.59. The predicted molar refractivity (Wildman–Crippen MR) is 108 cm³/mol. The quantitative estimate of drug-likeness (QED) is 0.347. The Morgan fingerprint density at radius 1 is 0.897 bits per heavy atom. The summed E-state index contributed by atoms with van der Waals surface area (Å²) >= 11 is 0. The molecule has 2 aromatic rings. The standard InChI is InChI=1S/C24H21NO4/c1-13-3-10-19(11-14(13)2)29-24(28)15-6-8-18(9-7-15)25-22(26)20-16-4-5-17(12-16)21(20)23(25)27/h3-11,16-17,20-21H,12H2,1-2H3. The van der Waals surface area contributed by atoms with Crippen molar-refractivity contribution in [2.24, 2.45) is 23.7 Å². The lowest BCUT2D eigenvalue weighted by Gasteiger charge is -2.17. The molecule has 0 spiro atoms. The average molecular weight is 387 g/mol. The van der Waals surface area contributed by atoms with Gasteiger partial charge in [0.25, 0.3) is 0 Å². The van der Waals surface area contributed by atoms with Crippen molar-refractivity contribution < 1.29 is 19.1 Å². The van der Waals surface area contributed by atoms with Crippen molar-refractivity contribution in [3.63, 3.8) is 0 Å². The monoisotopic (exact) mass is 387 g/mol. The maximum absolute atomic E-state index is 12.9. The van der Waals surface area contributed by atoms with Gasteiger partial charge in [0.2, 0.25) is 11.8 Å². The van der Waals surface area contributed by atoms with Gasteiger partial charge in [-0.15, -0.1) is 0 Å². The minimum atomic E-state index is -0.474. The molecule has 2 aromatic carbocycles. The fraction of sp³-hybridized carbons (Fsp3) is 0.292. The molecule has 1 saturated heterocycles. The highest BCUT2D eigenvalue weighted by atomic mass is 16.5. The molecule has 2 aliphatic carbocycles. The zero-order valence-electron chi connectivity index (χ0n) is 16.3. The second-order valence-corrected chi connectivity index (χ2v) is 8.19. The van der Waals surface area contributed by atoms with Gasteiger partial charge in [-0.25, -0.2) is 4.79 Å². The van der Waals surface area contributed by atoms with Gasteiger partial charge < -0.3 is 4.74 Å². The number of ether oxygens (including phenoxy) is 1. The van der Waals surface area contributed by atoms with Crippen molar-refractivity contribution >= 4 is 23.5 Å². The van der Waals surface area contributed by atoms with Gasteiger partial charge in [0.1, 0.15) is 5.75 Å². The number of esters is 1. The molecule has 2 fully saturated rings. The molecule has 5 nitrogen and oxygen atoms in total. The lowest BCUT2D eigenvalue weighted by Crippen LogP contribution is -2.32. The van der Waals surface area contributed by atoms with Crippen molar-refractivity contribution in [3.05, 3.63) is 71.3 Å². The number of aryl methyl sites for hydroxylation is 2. The minimum absolute atomic E-state index is 0.123. The number of allylic oxidation sites excluding steroid dienone is 2. The third-order valence-corrected chi connectivity index (χ3v) is 6.52. The van der Waals surface area contributed by atoms with Crippen LogP contribution in [-0.4, -0.2) is 17.8 Å². The smallest absolute Gasteiger partial charge is 0.343 e. The second kappa shape index (κ2) is 6.41. The predicted octanol–water partition coefficient (Wildman–Crippen LogP) is 3.83. The summed E-state index contributed by atoms with van der Waals surface area (Å²) in [7, 11) is 0. The Labute approximate surface area is 169 Å². The number of benzene rings is 2. The van der Waals surface area contributed by atoms with E-state index in [9.17, 15) is 14.4 Å². The molecule has 5 rings (SSSR count). The Kier molecular flexibility index (Phi) is 3.95. The fourth-order valence-electron chi connectivity index (χ4n) is 4.85. The normalized spacial score (nSPS) is 26.9. The van der Waals surface area contributed by atoms with E-state index in [1.807, 2.05) is 26.0 Å². The van der Waals surface area contributed by atoms with Gasteiger partial charge in [0.15, 0.2) is 0 Å². The molecule has 0 aromatic heterocycles. The topological polar surface area (TPSA) is 63.7 Å². The van der Waals surface area contributed by atoms with Crippen LogP contribution in [0.2, 0.25) is 0 Å². The van der Waals surface area contributed by atoms with E-state index in [4.69, 9.17) is 4.74 Å². The summed E-state index contributed by atoms with van der Waals surface area (Å²) in [6.07, 6.45) is 5.06. The van der Waals surface area contributed by atoms with Gasteiger partial charge in [0, 0.05) is 0 Å². The van der Waals surface area contributed by atoms with Gasteiger partial charge in [-0.2, -0.15) is 0 Å². The number of carbonyl (C=O) groups excluding carboxylic acids is 3. The van der Waals surface area contributed by atoms with Crippen LogP contribution in [-0.2, 0) is 9.59 Å². The Hall–Kier alpha value is -3.21. The zero-order valence-corrected chi connectivity index (χ0v) is 16.3. The van der Waals surface area contributed by atoms with Crippen LogP contribution in [0.1, 0.15) is 27.9 Å². The third kappa shape index (κ3) is 2.72. The Morgan fingerprint density at radius 3 is 2.10 bits per heavy atom. The molecular formula is C24H21NO4. The number of fused-ring (bicyclic) bond motifs is 5. The first-order valence-electron chi connectivity index (χ1n) is 9.89. The van der Waals surface area contributed by atoms with Crippen molar-refractivity contribution in [1.82, 2.24) is 0 Å². The van der Waals surface area contributed by atoms with Gasteiger partial charge >= 0.3 is 5.97 Å². The number of hydrogen-bond acceptors (Lipinski definition) is 4. The molecule has 1 aliphatic heterocycles. The fourth-order valence-corrected chi connectivity index (χ4v) is 4.85. The van der Waals surface area contributed by atoms with Crippen LogP contribution in [0, 0.1) is 37.5 Å². The van der Waals surface area contributed by atoms with E-state index < -0.39 is 5.97 Å². The van der Waals surface area contributed by atoms with Crippen LogP contribution in [0.25, 0.3) is 0 Å². The summed E-state index contributed by atoms with van der Waals surface area (Å²) in [5.74, 6) is -0.332. The van der Waals surface area contributed by atoms with Gasteiger partial charge in [-0.05, 0) is 79.6 Å². The molecule has 2 amide bonds. The number of carbonyl (C=O) groups is 3. The Balaban J connectivity index is 1.34. The van der Waals surface area contributed by atoms with Gasteiger partial charge in [0.05, 0.1) is 23.1 Å². The van der Waals surface area contributed by atoms with Crippen LogP contribution >= 0.6 is 0 Å². The number of imide groups is 1. The maximum atomic E-state index is 12.9. The zero-order chi connectivity index (χ0) is 20.3. The number of rotatable bonds is 3. The second-order valence-electron chi connectivity index (χ2n) is 8.19. The molecule has 1 saturated carbocycles. The van der Waals surface area contributed by atoms with E-state index in [-0.39, 0.29) is 35.5 Å². The highest BCUT2D eigenvalue weighted by molar-refractivity contribution is 6.22. The summed E-state index contributed by atoms with van der Waals surface area (Å²) in [6.45, 7) is 3.96. The first kappa shape index (κ1) is 17.9. The van der Waals surface area contributed by atoms with Crippen molar-refractivity contribution in [1.29, 1.82) is 0 Å². The van der Waals surface area contributed by atoms with Crippen LogP contribution in [0.4, 0.5) is 5.69 Å². The molecule has 4 unspecified atom stereocenters. The molecule has 146 valence electrons. The van der Waals surface area contributed by atoms with E-state index in [2.05, 4.69) is 12.2 Å². The van der Waals surface area contributed by atoms with Crippen LogP contribution in [0.15, 0.2) is 54.6 Å². The molecule has 0 radical (unpaired) electrons. The molecule has 2 bridgehead atoms. The molecular weight excluding hydrogens is 366 g/mol. The van der Waals surface area contributed by atoms with E-state index in [1.54, 1.807) is 30.3 Å². The largest absolute Gasteiger partial charge is 0.423 e. The molecule has 5 heteroatoms. The van der Waals surface area contributed by atoms with E-state index in [0.29, 0.717) is 17.0 Å². The van der Waals surface area contributed by atoms with Crippen LogP contribution in [0.5, 0.6) is 5.75 Å². The highest BCUT2D eigenvalue weighted by Crippen LogP contribution is 2.53. The van der Waals surface area contributed by atoms with E-state index >= 15 is 0 Å². The van der Waals surface area contributed by atoms with Crippen LogP contribution in [0.3, 0.4) is 0 Å². The Morgan fingerprint density at radius 2 is 1.52 bits per heavy atom. The van der Waals surface area contributed by atoms with Gasteiger partial charge in [-0.1, -0.05) is 18.2 Å². The van der Waals surface area contributed by atoms with Crippen molar-refractivity contribution in [2.75, 3.05) is 4.90 Å². The van der Waals surface area contributed by atoms with Crippen molar-refractivity contribution in [3.8, 4) is 5.75 Å². The lowest BCUT2D eigenvalue weighted by atomic mass is 9.85. The molecule has 1 heterocycles. The first-order chi connectivity index (χ1) is 13.9. The molecule has 29 heavy (non-hydrogen) atoms. The summed E-state index contributed by atoms with van der Waals surface area (Å²) in [4.78, 5) is 39.5. The SMILES string of the molecule is Cc1ccc(OC(=O)c2ccc(N3C(=O)C4C5C=CC(C5)C4C3=O)cc2)cc1C. The summed E-state index contributed by atoms with van der Waals surface area (Å²) in [6, 6.07) is 12.0. The summed E-state index contributed by atoms with van der Waals surface area (Å²) in [5.41, 5.74) is 3.05. The summed E-state index contributed by atoms with van der Waals surface area (Å²) in [5, 5.41) is 0. The summed E-state index contributed by atoms with van der Waals surface area (Å²) < 4.78 is 5.45. The number of anilines is 1. The molecule has 0 N–H and O–H groups in total. The van der Waals surface area contributed by atoms with Gasteiger partial charge in [-0.3, -0.25) is 14.5 Å². The minimum Gasteiger partial charge on any atom is -0.423 e. The maximum Gasteiger partial charge on any atom is 0.343 e. The molecule has 4 atom stereocenters. The average Bonchev–Trinajstić information content (AvgIpc) is 3.39. The number of hydrogen-bond donors (Lipinski definition) is 0. The van der Waals surface area contributed by atoms with Crippen molar-refractivity contribution in [2.45, 2.75) is 20.3 Å². The van der Waals surface area contributed by atoms with E-state index in [0.717, 1.165) is 17.5 Å². The number of nitrogens with zero attached hydrogens (tertiary/aromatic N) is 1. The van der Waals surface area contributed by atoms with E-state index in [1.165, 1.54) is 4.90 Å². The number of amides is 2. The molecule has 3 aliphatic rings.